The molecular weight excluding hydrogens is 374 g/mol. The second kappa shape index (κ2) is 8.20. The predicted molar refractivity (Wildman–Crippen MR) is 105 cm³/mol. The molecule has 0 atom stereocenters. The summed E-state index contributed by atoms with van der Waals surface area (Å²) in [6.07, 6.45) is 1.38. The van der Waals surface area contributed by atoms with Crippen LogP contribution in [0.1, 0.15) is 16.8 Å². The van der Waals surface area contributed by atoms with Crippen LogP contribution in [-0.4, -0.2) is 23.3 Å². The fourth-order valence-corrected chi connectivity index (χ4v) is 3.06. The minimum absolute atomic E-state index is 0.0820. The summed E-state index contributed by atoms with van der Waals surface area (Å²) in [5, 5.41) is 13.8. The number of ether oxygens (including phenoxy) is 2. The van der Waals surface area contributed by atoms with E-state index in [9.17, 15) is 4.79 Å². The van der Waals surface area contributed by atoms with E-state index in [1.165, 1.54) is 6.26 Å². The number of carbonyl (C=O) groups is 1. The second-order valence-corrected chi connectivity index (χ2v) is 6.59. The number of carboxylic acids is 1. The van der Waals surface area contributed by atoms with Crippen molar-refractivity contribution >= 4 is 16.9 Å². The molecule has 2 aromatic carbocycles. The maximum Gasteiger partial charge on any atom is 0.307 e. The van der Waals surface area contributed by atoms with E-state index in [0.29, 0.717) is 35.0 Å². The molecule has 0 saturated heterocycles. The van der Waals surface area contributed by atoms with Gasteiger partial charge in [-0.25, -0.2) is 0 Å². The quantitative estimate of drug-likeness (QED) is 0.473. The number of benzene rings is 2. The predicted octanol–water partition coefficient (Wildman–Crippen LogP) is 4.44. The van der Waals surface area contributed by atoms with E-state index in [1.807, 2.05) is 30.3 Å². The third-order valence-electron chi connectivity index (χ3n) is 4.46. The molecule has 0 aliphatic rings. The van der Waals surface area contributed by atoms with Gasteiger partial charge in [-0.05, 0) is 17.7 Å². The van der Waals surface area contributed by atoms with Crippen LogP contribution in [-0.2, 0) is 29.2 Å². The van der Waals surface area contributed by atoms with Crippen LogP contribution in [0, 0.1) is 0 Å². The molecule has 7 nitrogen and oxygen atoms in total. The number of furan rings is 1. The largest absolute Gasteiger partial charge is 0.487 e. The van der Waals surface area contributed by atoms with Crippen LogP contribution in [0.25, 0.3) is 22.3 Å². The van der Waals surface area contributed by atoms with Crippen molar-refractivity contribution in [3.63, 3.8) is 0 Å². The van der Waals surface area contributed by atoms with E-state index < -0.39 is 5.97 Å². The molecule has 0 radical (unpaired) electrons. The Hall–Kier alpha value is -3.58. The van der Waals surface area contributed by atoms with Crippen molar-refractivity contribution < 1.29 is 28.3 Å². The molecule has 0 spiro atoms. The van der Waals surface area contributed by atoms with E-state index in [2.05, 4.69) is 5.16 Å². The average Bonchev–Trinajstić information content (AvgIpc) is 3.34. The van der Waals surface area contributed by atoms with Crippen LogP contribution >= 0.6 is 0 Å². The van der Waals surface area contributed by atoms with E-state index >= 15 is 0 Å². The first kappa shape index (κ1) is 18.8. The van der Waals surface area contributed by atoms with Crippen molar-refractivity contribution in [2.24, 2.45) is 0 Å². The zero-order valence-electron chi connectivity index (χ0n) is 15.8. The standard InChI is InChI=1S/C22H19NO6/c1-26-11-14-2-4-15(5-3-14)20-9-17(23-29-20)13-27-18-6-7-19-16(8-22(24)25)12-28-21(19)10-18/h2-7,9-10,12H,8,11,13H2,1H3,(H,24,25). The lowest BCUT2D eigenvalue weighted by Gasteiger charge is -2.03. The Balaban J connectivity index is 1.42. The first-order chi connectivity index (χ1) is 14.1. The van der Waals surface area contributed by atoms with E-state index in [-0.39, 0.29) is 13.0 Å². The average molecular weight is 393 g/mol. The first-order valence-corrected chi connectivity index (χ1v) is 9.01. The third kappa shape index (κ3) is 4.30. The summed E-state index contributed by atoms with van der Waals surface area (Å²) >= 11 is 0. The highest BCUT2D eigenvalue weighted by atomic mass is 16.5. The Kier molecular flexibility index (Phi) is 5.31. The second-order valence-electron chi connectivity index (χ2n) is 6.59. The molecule has 7 heteroatoms. The molecule has 0 amide bonds. The van der Waals surface area contributed by atoms with Gasteiger partial charge in [0.15, 0.2) is 5.76 Å². The van der Waals surface area contributed by atoms with Crippen LogP contribution in [0.15, 0.2) is 63.7 Å². The molecule has 0 fully saturated rings. The van der Waals surface area contributed by atoms with Crippen molar-refractivity contribution in [3.8, 4) is 17.1 Å². The fraction of sp³-hybridized carbons (Fsp3) is 0.182. The van der Waals surface area contributed by atoms with Gasteiger partial charge in [0.2, 0.25) is 0 Å². The lowest BCUT2D eigenvalue weighted by Crippen LogP contribution is -1.98. The van der Waals surface area contributed by atoms with E-state index in [1.54, 1.807) is 25.3 Å². The molecule has 148 valence electrons. The number of fused-ring (bicyclic) bond motifs is 1. The van der Waals surface area contributed by atoms with Gasteiger partial charge in [-0.15, -0.1) is 0 Å². The minimum atomic E-state index is -0.900. The molecule has 2 heterocycles. The molecule has 1 N–H and O–H groups in total. The zero-order chi connectivity index (χ0) is 20.2. The number of hydrogen-bond donors (Lipinski definition) is 1. The summed E-state index contributed by atoms with van der Waals surface area (Å²) in [6, 6.07) is 15.0. The summed E-state index contributed by atoms with van der Waals surface area (Å²) in [4.78, 5) is 10.9. The van der Waals surface area contributed by atoms with Gasteiger partial charge in [0, 0.05) is 35.8 Å². The van der Waals surface area contributed by atoms with Gasteiger partial charge in [-0.2, -0.15) is 0 Å². The molecule has 0 bridgehead atoms. The van der Waals surface area contributed by atoms with Crippen molar-refractivity contribution in [2.75, 3.05) is 7.11 Å². The fourth-order valence-electron chi connectivity index (χ4n) is 3.06. The summed E-state index contributed by atoms with van der Waals surface area (Å²) in [5.74, 6) is 0.359. The van der Waals surface area contributed by atoms with Crippen LogP contribution in [0.2, 0.25) is 0 Å². The van der Waals surface area contributed by atoms with Crippen molar-refractivity contribution in [1.82, 2.24) is 5.16 Å². The maximum absolute atomic E-state index is 10.9. The topological polar surface area (TPSA) is 94.9 Å². The summed E-state index contributed by atoms with van der Waals surface area (Å²) < 4.78 is 21.7. The Bertz CT molecular complexity index is 1130. The smallest absolute Gasteiger partial charge is 0.307 e. The summed E-state index contributed by atoms with van der Waals surface area (Å²) in [7, 11) is 1.66. The molecule has 0 aliphatic carbocycles. The molecule has 4 rings (SSSR count). The number of aliphatic carboxylic acids is 1. The highest BCUT2D eigenvalue weighted by molar-refractivity contribution is 5.86. The van der Waals surface area contributed by atoms with Crippen molar-refractivity contribution in [3.05, 3.63) is 71.6 Å². The minimum Gasteiger partial charge on any atom is -0.487 e. The van der Waals surface area contributed by atoms with E-state index in [4.69, 9.17) is 23.5 Å². The number of hydrogen-bond acceptors (Lipinski definition) is 6. The normalized spacial score (nSPS) is 11.1. The third-order valence-corrected chi connectivity index (χ3v) is 4.46. The molecule has 2 aromatic heterocycles. The zero-order valence-corrected chi connectivity index (χ0v) is 15.8. The number of rotatable bonds is 8. The molecular formula is C22H19NO6. The number of nitrogens with zero attached hydrogens (tertiary/aromatic N) is 1. The maximum atomic E-state index is 10.9. The Morgan fingerprint density at radius 3 is 2.69 bits per heavy atom. The Labute approximate surface area is 166 Å². The summed E-state index contributed by atoms with van der Waals surface area (Å²) in [6.45, 7) is 0.799. The molecule has 0 aliphatic heterocycles. The van der Waals surface area contributed by atoms with Crippen molar-refractivity contribution in [1.29, 1.82) is 0 Å². The highest BCUT2D eigenvalue weighted by Crippen LogP contribution is 2.27. The van der Waals surface area contributed by atoms with Crippen LogP contribution in [0.4, 0.5) is 0 Å². The van der Waals surface area contributed by atoms with Crippen LogP contribution in [0.5, 0.6) is 5.75 Å². The lowest BCUT2D eigenvalue weighted by atomic mass is 10.1. The number of carboxylic acid groups (broad SMARTS) is 1. The SMILES string of the molecule is COCc1ccc(-c2cc(COc3ccc4c(CC(=O)O)coc4c3)no2)cc1. The van der Waals surface area contributed by atoms with Crippen molar-refractivity contribution in [2.45, 2.75) is 19.6 Å². The van der Waals surface area contributed by atoms with Crippen LogP contribution < -0.4 is 4.74 Å². The summed E-state index contributed by atoms with van der Waals surface area (Å²) in [5.41, 5.74) is 3.88. The first-order valence-electron chi connectivity index (χ1n) is 9.01. The molecule has 29 heavy (non-hydrogen) atoms. The highest BCUT2D eigenvalue weighted by Gasteiger charge is 2.11. The van der Waals surface area contributed by atoms with Gasteiger partial charge in [0.1, 0.15) is 23.6 Å². The molecule has 4 aromatic rings. The van der Waals surface area contributed by atoms with Gasteiger partial charge in [-0.1, -0.05) is 29.4 Å². The molecule has 0 saturated carbocycles. The van der Waals surface area contributed by atoms with E-state index in [0.717, 1.165) is 16.5 Å². The number of aromatic nitrogens is 1. The monoisotopic (exact) mass is 393 g/mol. The molecule has 0 unspecified atom stereocenters. The lowest BCUT2D eigenvalue weighted by molar-refractivity contribution is -0.136. The van der Waals surface area contributed by atoms with Gasteiger partial charge in [0.25, 0.3) is 0 Å². The van der Waals surface area contributed by atoms with Gasteiger partial charge >= 0.3 is 5.97 Å². The Morgan fingerprint density at radius 2 is 1.93 bits per heavy atom. The number of methoxy groups -OCH3 is 1. The van der Waals surface area contributed by atoms with Gasteiger partial charge < -0.3 is 23.5 Å². The Morgan fingerprint density at radius 1 is 1.10 bits per heavy atom. The van der Waals surface area contributed by atoms with Gasteiger partial charge in [-0.3, -0.25) is 4.79 Å². The van der Waals surface area contributed by atoms with Crippen LogP contribution in [0.3, 0.4) is 0 Å². The van der Waals surface area contributed by atoms with Gasteiger partial charge in [0.05, 0.1) is 19.3 Å².